The van der Waals surface area contributed by atoms with Gasteiger partial charge in [0.2, 0.25) is 11.8 Å². The molecule has 23 heavy (non-hydrogen) atoms. The van der Waals surface area contributed by atoms with Crippen molar-refractivity contribution in [1.82, 2.24) is 10.6 Å². The number of amides is 2. The number of carbonyl (C=O) groups excluding carboxylic acids is 2. The maximum Gasteiger partial charge on any atom is 0.416 e. The minimum Gasteiger partial charge on any atom is -0.351 e. The van der Waals surface area contributed by atoms with E-state index in [4.69, 9.17) is 0 Å². The van der Waals surface area contributed by atoms with Crippen LogP contribution < -0.4 is 10.6 Å². The predicted octanol–water partition coefficient (Wildman–Crippen LogP) is 2.53. The van der Waals surface area contributed by atoms with E-state index in [0.29, 0.717) is 11.1 Å². The molecule has 124 valence electrons. The predicted molar refractivity (Wildman–Crippen MR) is 81.3 cm³/mol. The van der Waals surface area contributed by atoms with Gasteiger partial charge in [-0.25, -0.2) is 0 Å². The second-order valence-corrected chi connectivity index (χ2v) is 4.69. The van der Waals surface area contributed by atoms with Gasteiger partial charge < -0.3 is 10.6 Å². The van der Waals surface area contributed by atoms with E-state index in [2.05, 4.69) is 17.2 Å². The molecule has 0 atom stereocenters. The summed E-state index contributed by atoms with van der Waals surface area (Å²) in [6.45, 7) is 5.26. The molecular weight excluding hydrogens is 309 g/mol. The molecule has 0 bridgehead atoms. The number of hydrogen-bond donors (Lipinski definition) is 2. The Morgan fingerprint density at radius 1 is 1.17 bits per heavy atom. The molecular formula is C16H17F3N2O2. The summed E-state index contributed by atoms with van der Waals surface area (Å²) in [5, 5.41) is 5.00. The average molecular weight is 326 g/mol. The highest BCUT2D eigenvalue weighted by atomic mass is 19.4. The summed E-state index contributed by atoms with van der Waals surface area (Å²) >= 11 is 0. The highest BCUT2D eigenvalue weighted by Crippen LogP contribution is 2.30. The Hall–Kier alpha value is -2.57. The monoisotopic (exact) mass is 326 g/mol. The fraction of sp³-hybridized carbons (Fsp3) is 0.250. The van der Waals surface area contributed by atoms with Crippen LogP contribution in [0.3, 0.4) is 0 Å². The third-order valence-electron chi connectivity index (χ3n) is 2.90. The standard InChI is InChI=1S/C16H17F3N2O2/c1-3-14(22)20-7-8-21-15(23)9-11(2)12-5-4-6-13(10-12)16(17,18)19/h3-6,9-10H,1,7-8H2,2H3,(H,20,22)(H,21,23)/b11-9-. The van der Waals surface area contributed by atoms with E-state index in [1.807, 2.05) is 0 Å². The minimum absolute atomic E-state index is 0.199. The molecule has 0 aromatic heterocycles. The summed E-state index contributed by atoms with van der Waals surface area (Å²) in [6.07, 6.45) is -2.10. The van der Waals surface area contributed by atoms with E-state index in [0.717, 1.165) is 18.2 Å². The normalized spacial score (nSPS) is 11.7. The molecule has 1 aromatic rings. The van der Waals surface area contributed by atoms with Crippen molar-refractivity contribution in [3.63, 3.8) is 0 Å². The Morgan fingerprint density at radius 3 is 2.35 bits per heavy atom. The Balaban J connectivity index is 2.64. The van der Waals surface area contributed by atoms with Crippen LogP contribution in [-0.2, 0) is 15.8 Å². The Kier molecular flexibility index (Phi) is 6.56. The Labute approximate surface area is 132 Å². The number of alkyl halides is 3. The molecule has 0 fully saturated rings. The first kappa shape index (κ1) is 18.5. The van der Waals surface area contributed by atoms with Crippen LogP contribution in [0.15, 0.2) is 43.0 Å². The van der Waals surface area contributed by atoms with Crippen LogP contribution >= 0.6 is 0 Å². The van der Waals surface area contributed by atoms with Crippen LogP contribution in [0.2, 0.25) is 0 Å². The van der Waals surface area contributed by atoms with Crippen molar-refractivity contribution in [2.45, 2.75) is 13.1 Å². The Morgan fingerprint density at radius 2 is 1.78 bits per heavy atom. The quantitative estimate of drug-likeness (QED) is 0.623. The number of hydrogen-bond acceptors (Lipinski definition) is 2. The summed E-state index contributed by atoms with van der Waals surface area (Å²) < 4.78 is 38.0. The van der Waals surface area contributed by atoms with Crippen molar-refractivity contribution in [2.24, 2.45) is 0 Å². The second-order valence-electron chi connectivity index (χ2n) is 4.69. The van der Waals surface area contributed by atoms with E-state index >= 15 is 0 Å². The first-order valence-electron chi connectivity index (χ1n) is 6.78. The number of rotatable bonds is 6. The van der Waals surface area contributed by atoms with Gasteiger partial charge in [-0.3, -0.25) is 9.59 Å². The smallest absolute Gasteiger partial charge is 0.351 e. The molecule has 1 aromatic carbocycles. The summed E-state index contributed by atoms with van der Waals surface area (Å²) in [4.78, 5) is 22.6. The summed E-state index contributed by atoms with van der Waals surface area (Å²) in [7, 11) is 0. The summed E-state index contributed by atoms with van der Waals surface area (Å²) in [6, 6.07) is 4.75. The summed E-state index contributed by atoms with van der Waals surface area (Å²) in [5.41, 5.74) is -0.0473. The lowest BCUT2D eigenvalue weighted by Gasteiger charge is -2.09. The molecule has 0 saturated carbocycles. The molecule has 4 nitrogen and oxygen atoms in total. The minimum atomic E-state index is -4.43. The molecule has 0 aliphatic carbocycles. The molecule has 0 radical (unpaired) electrons. The van der Waals surface area contributed by atoms with Crippen LogP contribution in [0.4, 0.5) is 13.2 Å². The topological polar surface area (TPSA) is 58.2 Å². The lowest BCUT2D eigenvalue weighted by molar-refractivity contribution is -0.137. The SMILES string of the molecule is C=CC(=O)NCCNC(=O)/C=C(/C)c1cccc(C(F)(F)F)c1. The first-order valence-corrected chi connectivity index (χ1v) is 6.78. The number of benzene rings is 1. The van der Waals surface area contributed by atoms with E-state index in [1.165, 1.54) is 18.2 Å². The van der Waals surface area contributed by atoms with Crippen molar-refractivity contribution in [3.05, 3.63) is 54.1 Å². The molecule has 0 unspecified atom stereocenters. The number of allylic oxidation sites excluding steroid dienone is 1. The lowest BCUT2D eigenvalue weighted by Crippen LogP contribution is -2.33. The maximum absolute atomic E-state index is 12.7. The molecule has 2 N–H and O–H groups in total. The molecule has 0 spiro atoms. The largest absolute Gasteiger partial charge is 0.416 e. The van der Waals surface area contributed by atoms with Crippen molar-refractivity contribution in [2.75, 3.05) is 13.1 Å². The van der Waals surface area contributed by atoms with E-state index in [9.17, 15) is 22.8 Å². The van der Waals surface area contributed by atoms with Crippen molar-refractivity contribution in [3.8, 4) is 0 Å². The molecule has 0 aliphatic heterocycles. The van der Waals surface area contributed by atoms with Gasteiger partial charge in [-0.1, -0.05) is 18.7 Å². The third-order valence-corrected chi connectivity index (χ3v) is 2.90. The van der Waals surface area contributed by atoms with E-state index in [-0.39, 0.29) is 19.0 Å². The van der Waals surface area contributed by atoms with Crippen molar-refractivity contribution < 1.29 is 22.8 Å². The summed E-state index contributed by atoms with van der Waals surface area (Å²) in [5.74, 6) is -0.803. The zero-order valence-corrected chi connectivity index (χ0v) is 12.5. The number of nitrogens with one attached hydrogen (secondary N) is 2. The Bertz CT molecular complexity index is 622. The van der Waals surface area contributed by atoms with Gasteiger partial charge in [0.05, 0.1) is 5.56 Å². The van der Waals surface area contributed by atoms with Gasteiger partial charge in [0, 0.05) is 19.2 Å². The molecule has 1 rings (SSSR count). The van der Waals surface area contributed by atoms with Crippen LogP contribution in [0.5, 0.6) is 0 Å². The van der Waals surface area contributed by atoms with E-state index < -0.39 is 17.6 Å². The fourth-order valence-electron chi connectivity index (χ4n) is 1.72. The van der Waals surface area contributed by atoms with E-state index in [1.54, 1.807) is 6.92 Å². The molecule has 0 saturated heterocycles. The van der Waals surface area contributed by atoms with Crippen molar-refractivity contribution in [1.29, 1.82) is 0 Å². The van der Waals surface area contributed by atoms with Crippen LogP contribution in [0.25, 0.3) is 5.57 Å². The van der Waals surface area contributed by atoms with Crippen LogP contribution in [-0.4, -0.2) is 24.9 Å². The van der Waals surface area contributed by atoms with Crippen LogP contribution in [0.1, 0.15) is 18.1 Å². The number of carbonyl (C=O) groups is 2. The second kappa shape index (κ2) is 8.17. The zero-order chi connectivity index (χ0) is 17.5. The molecule has 0 aliphatic rings. The highest BCUT2D eigenvalue weighted by molar-refractivity contribution is 5.94. The highest BCUT2D eigenvalue weighted by Gasteiger charge is 2.30. The zero-order valence-electron chi connectivity index (χ0n) is 12.5. The van der Waals surface area contributed by atoms with Gasteiger partial charge >= 0.3 is 6.18 Å². The van der Waals surface area contributed by atoms with Gasteiger partial charge in [-0.2, -0.15) is 13.2 Å². The van der Waals surface area contributed by atoms with Gasteiger partial charge in [0.25, 0.3) is 0 Å². The van der Waals surface area contributed by atoms with Gasteiger partial charge in [0.1, 0.15) is 0 Å². The lowest BCUT2D eigenvalue weighted by atomic mass is 10.0. The molecule has 2 amide bonds. The first-order chi connectivity index (χ1) is 10.7. The maximum atomic E-state index is 12.7. The average Bonchev–Trinajstić information content (AvgIpc) is 2.50. The van der Waals surface area contributed by atoms with Crippen molar-refractivity contribution >= 4 is 17.4 Å². The fourth-order valence-corrected chi connectivity index (χ4v) is 1.72. The van der Waals surface area contributed by atoms with Gasteiger partial charge in [0.15, 0.2) is 0 Å². The number of halogens is 3. The van der Waals surface area contributed by atoms with Crippen LogP contribution in [0, 0.1) is 0 Å². The third kappa shape index (κ3) is 6.37. The molecule has 7 heteroatoms. The van der Waals surface area contributed by atoms with Gasteiger partial charge in [-0.05, 0) is 36.3 Å². The molecule has 0 heterocycles. The van der Waals surface area contributed by atoms with Gasteiger partial charge in [-0.15, -0.1) is 0 Å².